The van der Waals surface area contributed by atoms with Crippen LogP contribution in [-0.4, -0.2) is 16.8 Å². The van der Waals surface area contributed by atoms with Crippen molar-refractivity contribution in [3.05, 3.63) is 45.1 Å². The Labute approximate surface area is 138 Å². The van der Waals surface area contributed by atoms with Gasteiger partial charge in [0.2, 0.25) is 0 Å². The van der Waals surface area contributed by atoms with Crippen LogP contribution in [0.15, 0.2) is 12.3 Å². The van der Waals surface area contributed by atoms with Crippen molar-refractivity contribution in [2.75, 3.05) is 5.32 Å². The van der Waals surface area contributed by atoms with Gasteiger partial charge in [-0.2, -0.15) is 0 Å². The van der Waals surface area contributed by atoms with Crippen molar-refractivity contribution in [1.29, 1.82) is 0 Å². The maximum absolute atomic E-state index is 12.4. The molecule has 0 radical (unpaired) electrons. The van der Waals surface area contributed by atoms with Crippen LogP contribution in [0.4, 0.5) is 5.00 Å². The van der Waals surface area contributed by atoms with Gasteiger partial charge in [0.1, 0.15) is 5.69 Å². The maximum atomic E-state index is 12.4. The van der Waals surface area contributed by atoms with Crippen LogP contribution in [0.25, 0.3) is 0 Å². The van der Waals surface area contributed by atoms with E-state index in [0.717, 1.165) is 17.8 Å². The molecule has 6 heteroatoms. The van der Waals surface area contributed by atoms with Crippen molar-refractivity contribution in [2.24, 2.45) is 5.73 Å². The molecule has 0 bridgehead atoms. The standard InChI is InChI=1S/C17H19N3O2S/c1-9-7-13(19-8-12(9)15(18)21)16(22)20-17-10(2)11-5-3-4-6-14(11)23-17/h7-8H,3-6H2,1-2H3,(H2,18,21)(H,20,22). The number of aryl methyl sites for hydroxylation is 2. The lowest BCUT2D eigenvalue weighted by Gasteiger charge is -2.10. The second kappa shape index (κ2) is 6.12. The van der Waals surface area contributed by atoms with E-state index in [1.807, 2.05) is 0 Å². The van der Waals surface area contributed by atoms with Gasteiger partial charge in [-0.15, -0.1) is 11.3 Å². The number of hydrogen-bond donors (Lipinski definition) is 2. The Kier molecular flexibility index (Phi) is 4.17. The molecule has 3 N–H and O–H groups in total. The minimum absolute atomic E-state index is 0.259. The summed E-state index contributed by atoms with van der Waals surface area (Å²) < 4.78 is 0. The third kappa shape index (κ3) is 2.99. The molecular formula is C17H19N3O2S. The van der Waals surface area contributed by atoms with Gasteiger partial charge in [0, 0.05) is 11.1 Å². The summed E-state index contributed by atoms with van der Waals surface area (Å²) in [6.45, 7) is 3.80. The van der Waals surface area contributed by atoms with E-state index in [4.69, 9.17) is 5.73 Å². The largest absolute Gasteiger partial charge is 0.366 e. The minimum atomic E-state index is -0.538. The Morgan fingerprint density at radius 2 is 2.00 bits per heavy atom. The van der Waals surface area contributed by atoms with Crippen LogP contribution < -0.4 is 11.1 Å². The van der Waals surface area contributed by atoms with Gasteiger partial charge in [-0.25, -0.2) is 0 Å². The number of amides is 2. The maximum Gasteiger partial charge on any atom is 0.274 e. The van der Waals surface area contributed by atoms with Gasteiger partial charge in [0.25, 0.3) is 11.8 Å². The van der Waals surface area contributed by atoms with E-state index >= 15 is 0 Å². The zero-order chi connectivity index (χ0) is 16.6. The van der Waals surface area contributed by atoms with Crippen molar-refractivity contribution in [2.45, 2.75) is 39.5 Å². The van der Waals surface area contributed by atoms with Gasteiger partial charge in [-0.1, -0.05) is 0 Å². The van der Waals surface area contributed by atoms with Gasteiger partial charge < -0.3 is 11.1 Å². The highest BCUT2D eigenvalue weighted by Gasteiger charge is 2.20. The molecule has 2 amide bonds. The molecular weight excluding hydrogens is 310 g/mol. The Balaban J connectivity index is 1.83. The first-order chi connectivity index (χ1) is 11.0. The summed E-state index contributed by atoms with van der Waals surface area (Å²) in [5, 5.41) is 3.86. The van der Waals surface area contributed by atoms with E-state index in [2.05, 4.69) is 17.2 Å². The van der Waals surface area contributed by atoms with Crippen molar-refractivity contribution in [3.63, 3.8) is 0 Å². The van der Waals surface area contributed by atoms with Crippen molar-refractivity contribution < 1.29 is 9.59 Å². The Hall–Kier alpha value is -2.21. The fourth-order valence-corrected chi connectivity index (χ4v) is 4.24. The molecule has 0 saturated heterocycles. The molecule has 0 atom stereocenters. The fraction of sp³-hybridized carbons (Fsp3) is 0.353. The molecule has 0 unspecified atom stereocenters. The second-order valence-corrected chi connectivity index (χ2v) is 6.97. The zero-order valence-corrected chi connectivity index (χ0v) is 14.0. The number of fused-ring (bicyclic) bond motifs is 1. The minimum Gasteiger partial charge on any atom is -0.366 e. The van der Waals surface area contributed by atoms with E-state index in [9.17, 15) is 9.59 Å². The molecule has 5 nitrogen and oxygen atoms in total. The number of rotatable bonds is 3. The number of aromatic nitrogens is 1. The van der Waals surface area contributed by atoms with Gasteiger partial charge in [-0.05, 0) is 62.3 Å². The number of thiophene rings is 1. The predicted molar refractivity (Wildman–Crippen MR) is 91.1 cm³/mol. The molecule has 120 valence electrons. The molecule has 23 heavy (non-hydrogen) atoms. The van der Waals surface area contributed by atoms with E-state index in [0.29, 0.717) is 16.8 Å². The molecule has 3 rings (SSSR count). The zero-order valence-electron chi connectivity index (χ0n) is 13.2. The van der Waals surface area contributed by atoms with Gasteiger partial charge in [0.05, 0.1) is 10.6 Å². The lowest BCUT2D eigenvalue weighted by molar-refractivity contribution is 0.0992. The normalized spacial score (nSPS) is 13.5. The highest BCUT2D eigenvalue weighted by atomic mass is 32.1. The first kappa shape index (κ1) is 15.7. The second-order valence-electron chi connectivity index (χ2n) is 5.87. The first-order valence-corrected chi connectivity index (χ1v) is 8.48. The smallest absolute Gasteiger partial charge is 0.274 e. The molecule has 1 aliphatic carbocycles. The number of pyridine rings is 1. The summed E-state index contributed by atoms with van der Waals surface area (Å²) in [4.78, 5) is 29.1. The van der Waals surface area contributed by atoms with Crippen molar-refractivity contribution in [3.8, 4) is 0 Å². The van der Waals surface area contributed by atoms with Crippen LogP contribution in [-0.2, 0) is 12.8 Å². The summed E-state index contributed by atoms with van der Waals surface area (Å²) >= 11 is 1.66. The molecule has 1 aliphatic rings. The fourth-order valence-electron chi connectivity index (χ4n) is 2.95. The quantitative estimate of drug-likeness (QED) is 0.908. The molecule has 0 aromatic carbocycles. The molecule has 2 aromatic heterocycles. The lowest BCUT2D eigenvalue weighted by Crippen LogP contribution is -2.17. The van der Waals surface area contributed by atoms with Crippen LogP contribution in [0.3, 0.4) is 0 Å². The van der Waals surface area contributed by atoms with Crippen LogP contribution in [0.5, 0.6) is 0 Å². The molecule has 2 heterocycles. The van der Waals surface area contributed by atoms with E-state index in [1.165, 1.54) is 35.0 Å². The number of carbonyl (C=O) groups is 2. The number of anilines is 1. The van der Waals surface area contributed by atoms with E-state index in [1.54, 1.807) is 24.3 Å². The molecule has 0 spiro atoms. The predicted octanol–water partition coefficient (Wildman–Crippen LogP) is 2.99. The van der Waals surface area contributed by atoms with Crippen LogP contribution in [0, 0.1) is 13.8 Å². The third-order valence-corrected chi connectivity index (χ3v) is 5.58. The SMILES string of the molecule is Cc1cc(C(=O)Nc2sc3c(c2C)CCCC3)ncc1C(N)=O. The van der Waals surface area contributed by atoms with Gasteiger partial charge >= 0.3 is 0 Å². The highest BCUT2D eigenvalue weighted by Crippen LogP contribution is 2.37. The first-order valence-electron chi connectivity index (χ1n) is 7.66. The average Bonchev–Trinajstić information content (AvgIpc) is 2.83. The van der Waals surface area contributed by atoms with Gasteiger partial charge in [-0.3, -0.25) is 14.6 Å². The third-order valence-electron chi connectivity index (χ3n) is 4.27. The lowest BCUT2D eigenvalue weighted by atomic mass is 9.96. The summed E-state index contributed by atoms with van der Waals surface area (Å²) in [5.74, 6) is -0.797. The van der Waals surface area contributed by atoms with Crippen molar-refractivity contribution in [1.82, 2.24) is 4.98 Å². The molecule has 0 aliphatic heterocycles. The van der Waals surface area contributed by atoms with E-state index < -0.39 is 5.91 Å². The topological polar surface area (TPSA) is 85.1 Å². The summed E-state index contributed by atoms with van der Waals surface area (Å²) in [6, 6.07) is 1.60. The van der Waals surface area contributed by atoms with Crippen LogP contribution in [0.2, 0.25) is 0 Å². The van der Waals surface area contributed by atoms with Crippen LogP contribution >= 0.6 is 11.3 Å². The van der Waals surface area contributed by atoms with Gasteiger partial charge in [0.15, 0.2) is 0 Å². The summed E-state index contributed by atoms with van der Waals surface area (Å²) in [7, 11) is 0. The Bertz CT molecular complexity index is 795. The Morgan fingerprint density at radius 1 is 1.26 bits per heavy atom. The van der Waals surface area contributed by atoms with E-state index in [-0.39, 0.29) is 5.91 Å². The molecule has 0 saturated carbocycles. The van der Waals surface area contributed by atoms with Crippen LogP contribution in [0.1, 0.15) is 55.3 Å². The average molecular weight is 329 g/mol. The number of nitrogens with two attached hydrogens (primary N) is 1. The Morgan fingerprint density at radius 3 is 2.65 bits per heavy atom. The number of carbonyl (C=O) groups excluding carboxylic acids is 2. The highest BCUT2D eigenvalue weighted by molar-refractivity contribution is 7.16. The molecule has 2 aromatic rings. The number of primary amides is 1. The van der Waals surface area contributed by atoms with Crippen molar-refractivity contribution >= 4 is 28.2 Å². The number of nitrogens with one attached hydrogen (secondary N) is 1. The summed E-state index contributed by atoms with van der Waals surface area (Å²) in [5.41, 5.74) is 9.11. The number of nitrogens with zero attached hydrogens (tertiary/aromatic N) is 1. The molecule has 0 fully saturated rings. The number of hydrogen-bond acceptors (Lipinski definition) is 4. The monoisotopic (exact) mass is 329 g/mol. The summed E-state index contributed by atoms with van der Waals surface area (Å²) in [6.07, 6.45) is 5.99.